The monoisotopic (exact) mass is 494 g/mol. The third-order valence-corrected chi connectivity index (χ3v) is 7.59. The van der Waals surface area contributed by atoms with Crippen LogP contribution in [0.3, 0.4) is 0 Å². The average Bonchev–Trinajstić information content (AvgIpc) is 2.75. The molecule has 3 rings (SSSR count). The molecule has 0 radical (unpaired) electrons. The highest BCUT2D eigenvalue weighted by Crippen LogP contribution is 2.28. The number of halogens is 1. The van der Waals surface area contributed by atoms with E-state index in [1.165, 1.54) is 4.31 Å². The Hall–Kier alpha value is -1.90. The Morgan fingerprint density at radius 2 is 1.70 bits per heavy atom. The minimum absolute atomic E-state index is 0.174. The standard InChI is InChI=1S/C22H27BrN2O4S/c1-2-29-20-12-14-21(15-13-20)30(27,28)25(19-6-4-3-5-7-19)16-22(26)24-18-10-8-17(23)9-11-18/h8-15,19H,2-7,16H2,1H3,(H,24,26). The first-order valence-corrected chi connectivity index (χ1v) is 12.4. The van der Waals surface area contributed by atoms with Crippen LogP contribution < -0.4 is 10.1 Å². The van der Waals surface area contributed by atoms with E-state index in [1.54, 1.807) is 36.4 Å². The molecule has 2 aromatic carbocycles. The summed E-state index contributed by atoms with van der Waals surface area (Å²) in [5.41, 5.74) is 0.630. The summed E-state index contributed by atoms with van der Waals surface area (Å²) in [6.45, 7) is 2.17. The normalized spacial score (nSPS) is 15.2. The maximum atomic E-state index is 13.4. The summed E-state index contributed by atoms with van der Waals surface area (Å²) in [5, 5.41) is 2.80. The highest BCUT2D eigenvalue weighted by molar-refractivity contribution is 9.10. The Morgan fingerprint density at radius 1 is 1.07 bits per heavy atom. The minimum atomic E-state index is -3.82. The van der Waals surface area contributed by atoms with E-state index in [0.29, 0.717) is 18.0 Å². The number of rotatable bonds is 8. The van der Waals surface area contributed by atoms with Crippen LogP contribution in [0.2, 0.25) is 0 Å². The lowest BCUT2D eigenvalue weighted by atomic mass is 9.95. The Kier molecular flexibility index (Phi) is 7.91. The number of hydrogen-bond acceptors (Lipinski definition) is 4. The fourth-order valence-corrected chi connectivity index (χ4v) is 5.57. The molecule has 1 aliphatic carbocycles. The van der Waals surface area contributed by atoms with Gasteiger partial charge in [-0.1, -0.05) is 35.2 Å². The van der Waals surface area contributed by atoms with Gasteiger partial charge in [0.15, 0.2) is 0 Å². The molecule has 0 aliphatic heterocycles. The van der Waals surface area contributed by atoms with Gasteiger partial charge in [0.2, 0.25) is 15.9 Å². The molecule has 0 aromatic heterocycles. The third-order valence-electron chi connectivity index (χ3n) is 5.15. The fraction of sp³-hybridized carbons (Fsp3) is 0.409. The number of amides is 1. The Morgan fingerprint density at radius 3 is 2.30 bits per heavy atom. The molecule has 1 saturated carbocycles. The van der Waals surface area contributed by atoms with Crippen molar-refractivity contribution in [3.8, 4) is 5.75 Å². The summed E-state index contributed by atoms with van der Waals surface area (Å²) < 4.78 is 34.6. The number of sulfonamides is 1. The molecule has 162 valence electrons. The lowest BCUT2D eigenvalue weighted by Gasteiger charge is -2.33. The predicted molar refractivity (Wildman–Crippen MR) is 121 cm³/mol. The van der Waals surface area contributed by atoms with Gasteiger partial charge in [0.25, 0.3) is 0 Å². The maximum absolute atomic E-state index is 13.4. The second-order valence-electron chi connectivity index (χ2n) is 7.30. The molecule has 0 heterocycles. The summed E-state index contributed by atoms with van der Waals surface area (Å²) in [5.74, 6) is 0.269. The zero-order valence-corrected chi connectivity index (χ0v) is 19.4. The molecule has 0 spiro atoms. The van der Waals surface area contributed by atoms with Crippen molar-refractivity contribution in [2.45, 2.75) is 50.0 Å². The lowest BCUT2D eigenvalue weighted by molar-refractivity contribution is -0.116. The molecule has 1 N–H and O–H groups in total. The first-order valence-electron chi connectivity index (χ1n) is 10.2. The van der Waals surface area contributed by atoms with Crippen LogP contribution in [0.1, 0.15) is 39.0 Å². The maximum Gasteiger partial charge on any atom is 0.243 e. The van der Waals surface area contributed by atoms with E-state index in [-0.39, 0.29) is 23.4 Å². The van der Waals surface area contributed by atoms with Gasteiger partial charge in [-0.15, -0.1) is 0 Å². The third kappa shape index (κ3) is 5.83. The number of anilines is 1. The van der Waals surface area contributed by atoms with Gasteiger partial charge in [0, 0.05) is 16.2 Å². The SMILES string of the molecule is CCOc1ccc(S(=O)(=O)N(CC(=O)Nc2ccc(Br)cc2)C2CCCCC2)cc1. The van der Waals surface area contributed by atoms with Crippen LogP contribution in [-0.2, 0) is 14.8 Å². The van der Waals surface area contributed by atoms with E-state index in [9.17, 15) is 13.2 Å². The second-order valence-corrected chi connectivity index (χ2v) is 10.1. The number of hydrogen-bond donors (Lipinski definition) is 1. The molecule has 1 amide bonds. The smallest absolute Gasteiger partial charge is 0.243 e. The van der Waals surface area contributed by atoms with E-state index in [2.05, 4.69) is 21.2 Å². The van der Waals surface area contributed by atoms with Gasteiger partial charge < -0.3 is 10.1 Å². The van der Waals surface area contributed by atoms with Gasteiger partial charge in [0.1, 0.15) is 5.75 Å². The summed E-state index contributed by atoms with van der Waals surface area (Å²) in [6, 6.07) is 13.4. The van der Waals surface area contributed by atoms with Gasteiger partial charge in [-0.05, 0) is 68.3 Å². The zero-order valence-electron chi connectivity index (χ0n) is 17.0. The second kappa shape index (κ2) is 10.4. The first-order chi connectivity index (χ1) is 14.4. The van der Waals surface area contributed by atoms with Crippen LogP contribution in [-0.4, -0.2) is 37.8 Å². The van der Waals surface area contributed by atoms with Crippen LogP contribution in [0, 0.1) is 0 Å². The Bertz CT molecular complexity index is 940. The number of carbonyl (C=O) groups excluding carboxylic acids is 1. The highest BCUT2D eigenvalue weighted by Gasteiger charge is 2.34. The van der Waals surface area contributed by atoms with Gasteiger partial charge in [-0.2, -0.15) is 4.31 Å². The highest BCUT2D eigenvalue weighted by atomic mass is 79.9. The summed E-state index contributed by atoms with van der Waals surface area (Å²) >= 11 is 3.36. The summed E-state index contributed by atoms with van der Waals surface area (Å²) in [4.78, 5) is 12.9. The topological polar surface area (TPSA) is 75.7 Å². The van der Waals surface area contributed by atoms with Crippen molar-refractivity contribution in [2.75, 3.05) is 18.5 Å². The molecule has 0 atom stereocenters. The van der Waals surface area contributed by atoms with Crippen LogP contribution in [0.15, 0.2) is 57.9 Å². The van der Waals surface area contributed by atoms with Crippen LogP contribution >= 0.6 is 15.9 Å². The van der Waals surface area contributed by atoms with E-state index in [0.717, 1.165) is 36.6 Å². The van der Waals surface area contributed by atoms with Gasteiger partial charge in [-0.3, -0.25) is 4.79 Å². The van der Waals surface area contributed by atoms with Crippen LogP contribution in [0.5, 0.6) is 5.75 Å². The van der Waals surface area contributed by atoms with E-state index >= 15 is 0 Å². The molecular weight excluding hydrogens is 468 g/mol. The molecule has 30 heavy (non-hydrogen) atoms. The number of nitrogens with zero attached hydrogens (tertiary/aromatic N) is 1. The number of benzene rings is 2. The largest absolute Gasteiger partial charge is 0.494 e. The minimum Gasteiger partial charge on any atom is -0.494 e. The van der Waals surface area contributed by atoms with Crippen molar-refractivity contribution in [3.05, 3.63) is 53.0 Å². The van der Waals surface area contributed by atoms with Crippen molar-refractivity contribution in [3.63, 3.8) is 0 Å². The van der Waals surface area contributed by atoms with E-state index < -0.39 is 10.0 Å². The van der Waals surface area contributed by atoms with E-state index in [4.69, 9.17) is 4.74 Å². The molecule has 0 saturated heterocycles. The average molecular weight is 495 g/mol. The zero-order chi connectivity index (χ0) is 21.6. The Balaban J connectivity index is 1.81. The molecular formula is C22H27BrN2O4S. The van der Waals surface area contributed by atoms with Gasteiger partial charge in [0.05, 0.1) is 18.0 Å². The number of nitrogens with one attached hydrogen (secondary N) is 1. The first kappa shape index (κ1) is 22.8. The van der Waals surface area contributed by atoms with Crippen molar-refractivity contribution in [2.24, 2.45) is 0 Å². The van der Waals surface area contributed by atoms with Crippen molar-refractivity contribution >= 4 is 37.5 Å². The number of carbonyl (C=O) groups is 1. The predicted octanol–water partition coefficient (Wildman–Crippen LogP) is 4.81. The summed E-state index contributed by atoms with van der Waals surface area (Å²) in [6.07, 6.45) is 4.56. The molecule has 0 bridgehead atoms. The molecule has 1 aliphatic rings. The molecule has 6 nitrogen and oxygen atoms in total. The Labute approximate surface area is 186 Å². The summed E-state index contributed by atoms with van der Waals surface area (Å²) in [7, 11) is -3.82. The van der Waals surface area contributed by atoms with Crippen molar-refractivity contribution < 1.29 is 17.9 Å². The van der Waals surface area contributed by atoms with Crippen LogP contribution in [0.25, 0.3) is 0 Å². The molecule has 1 fully saturated rings. The molecule has 0 unspecified atom stereocenters. The van der Waals surface area contributed by atoms with E-state index in [1.807, 2.05) is 19.1 Å². The lowest BCUT2D eigenvalue weighted by Crippen LogP contribution is -2.45. The van der Waals surface area contributed by atoms with Crippen molar-refractivity contribution in [1.29, 1.82) is 0 Å². The molecule has 8 heteroatoms. The van der Waals surface area contributed by atoms with Crippen LogP contribution in [0.4, 0.5) is 5.69 Å². The molecule has 2 aromatic rings. The van der Waals surface area contributed by atoms with Crippen molar-refractivity contribution in [1.82, 2.24) is 4.31 Å². The van der Waals surface area contributed by atoms with Gasteiger partial charge in [-0.25, -0.2) is 8.42 Å². The number of ether oxygens (including phenoxy) is 1. The van der Waals surface area contributed by atoms with Gasteiger partial charge >= 0.3 is 0 Å². The quantitative estimate of drug-likeness (QED) is 0.571. The fourth-order valence-electron chi connectivity index (χ4n) is 3.66.